The van der Waals surface area contributed by atoms with Crippen LogP contribution in [0.2, 0.25) is 5.02 Å². The summed E-state index contributed by atoms with van der Waals surface area (Å²) in [6.07, 6.45) is 0.703. The molecular formula is C19H18ClN3O2. The molecule has 0 atom stereocenters. The van der Waals surface area contributed by atoms with Crippen molar-refractivity contribution in [3.05, 3.63) is 70.6 Å². The summed E-state index contributed by atoms with van der Waals surface area (Å²) < 4.78 is 5.62. The molecule has 0 unspecified atom stereocenters. The largest absolute Gasteiger partial charge is 0.421 e. The number of nitrogens with one attached hydrogen (secondary N) is 1. The summed E-state index contributed by atoms with van der Waals surface area (Å²) in [6, 6.07) is 15.2. The van der Waals surface area contributed by atoms with Crippen LogP contribution in [0.25, 0.3) is 11.5 Å². The van der Waals surface area contributed by atoms with Crippen LogP contribution in [0.1, 0.15) is 23.4 Å². The number of nitrogens with zero attached hydrogens (tertiary/aromatic N) is 2. The van der Waals surface area contributed by atoms with Crippen molar-refractivity contribution in [3.63, 3.8) is 0 Å². The predicted octanol–water partition coefficient (Wildman–Crippen LogP) is 3.95. The number of amides is 1. The van der Waals surface area contributed by atoms with E-state index in [1.54, 1.807) is 12.1 Å². The molecule has 3 aromatic rings. The van der Waals surface area contributed by atoms with Crippen molar-refractivity contribution in [2.45, 2.75) is 26.3 Å². The first-order chi connectivity index (χ1) is 12.1. The molecule has 1 aromatic heterocycles. The fraction of sp³-hybridized carbons (Fsp3) is 0.211. The molecule has 0 aliphatic carbocycles. The lowest BCUT2D eigenvalue weighted by Crippen LogP contribution is -2.23. The van der Waals surface area contributed by atoms with E-state index < -0.39 is 0 Å². The molecule has 3 rings (SSSR count). The van der Waals surface area contributed by atoms with E-state index in [0.29, 0.717) is 36.2 Å². The number of aryl methyl sites for hydroxylation is 2. The van der Waals surface area contributed by atoms with E-state index in [9.17, 15) is 4.79 Å². The number of hydrogen-bond acceptors (Lipinski definition) is 4. The van der Waals surface area contributed by atoms with Crippen LogP contribution in [-0.4, -0.2) is 16.1 Å². The molecule has 0 spiro atoms. The molecule has 2 aromatic carbocycles. The summed E-state index contributed by atoms with van der Waals surface area (Å²) in [5.74, 6) is 0.860. The zero-order chi connectivity index (χ0) is 17.6. The fourth-order valence-electron chi connectivity index (χ4n) is 2.28. The van der Waals surface area contributed by atoms with Crippen molar-refractivity contribution in [2.24, 2.45) is 0 Å². The van der Waals surface area contributed by atoms with Crippen molar-refractivity contribution >= 4 is 17.5 Å². The van der Waals surface area contributed by atoms with Gasteiger partial charge in [0.2, 0.25) is 17.7 Å². The first-order valence-electron chi connectivity index (χ1n) is 8.01. The van der Waals surface area contributed by atoms with E-state index >= 15 is 0 Å². The van der Waals surface area contributed by atoms with E-state index in [0.717, 1.165) is 11.1 Å². The molecule has 5 nitrogen and oxygen atoms in total. The Hall–Kier alpha value is -2.66. The van der Waals surface area contributed by atoms with Crippen molar-refractivity contribution < 1.29 is 9.21 Å². The first-order valence-corrected chi connectivity index (χ1v) is 8.38. The maximum atomic E-state index is 11.9. The van der Waals surface area contributed by atoms with Crippen molar-refractivity contribution in [2.75, 3.05) is 0 Å². The van der Waals surface area contributed by atoms with Crippen molar-refractivity contribution in [3.8, 4) is 11.5 Å². The molecule has 6 heteroatoms. The number of rotatable bonds is 6. The van der Waals surface area contributed by atoms with Crippen LogP contribution < -0.4 is 5.32 Å². The molecule has 0 radical (unpaired) electrons. The van der Waals surface area contributed by atoms with E-state index in [1.807, 2.05) is 43.3 Å². The van der Waals surface area contributed by atoms with Crippen molar-refractivity contribution in [1.29, 1.82) is 0 Å². The molecule has 1 N–H and O–H groups in total. The van der Waals surface area contributed by atoms with Gasteiger partial charge in [-0.05, 0) is 36.8 Å². The normalized spacial score (nSPS) is 10.6. The van der Waals surface area contributed by atoms with E-state index in [4.69, 9.17) is 16.0 Å². The Morgan fingerprint density at radius 1 is 1.08 bits per heavy atom. The monoisotopic (exact) mass is 355 g/mol. The van der Waals surface area contributed by atoms with E-state index in [2.05, 4.69) is 15.5 Å². The molecule has 0 saturated heterocycles. The molecule has 25 heavy (non-hydrogen) atoms. The zero-order valence-electron chi connectivity index (χ0n) is 13.8. The van der Waals surface area contributed by atoms with Crippen LogP contribution in [0.3, 0.4) is 0 Å². The Morgan fingerprint density at radius 3 is 2.52 bits per heavy atom. The summed E-state index contributed by atoms with van der Waals surface area (Å²) in [5, 5.41) is 11.6. The van der Waals surface area contributed by atoms with Gasteiger partial charge in [-0.15, -0.1) is 10.2 Å². The second-order valence-electron chi connectivity index (χ2n) is 5.77. The molecule has 1 heterocycles. The van der Waals surface area contributed by atoms with Gasteiger partial charge in [-0.2, -0.15) is 0 Å². The minimum Gasteiger partial charge on any atom is -0.421 e. The zero-order valence-corrected chi connectivity index (χ0v) is 14.6. The molecule has 0 aliphatic heterocycles. The third-order valence-corrected chi connectivity index (χ3v) is 3.99. The second kappa shape index (κ2) is 7.94. The molecule has 128 valence electrons. The Kier molecular flexibility index (Phi) is 5.46. The van der Waals surface area contributed by atoms with E-state index in [1.165, 1.54) is 5.56 Å². The number of halogens is 1. The standard InChI is InChI=1S/C19H18ClN3O2/c1-13-2-6-15(7-3-13)19-23-22-18(25-19)11-10-17(24)21-12-14-4-8-16(20)9-5-14/h2-9H,10-12H2,1H3,(H,21,24). The van der Waals surface area contributed by atoms with Gasteiger partial charge >= 0.3 is 0 Å². The number of carbonyl (C=O) groups is 1. The Bertz CT molecular complexity index is 842. The van der Waals surface area contributed by atoms with Crippen LogP contribution in [0.4, 0.5) is 0 Å². The van der Waals surface area contributed by atoms with Crippen LogP contribution in [0.15, 0.2) is 52.9 Å². The van der Waals surface area contributed by atoms with Gasteiger partial charge in [0.05, 0.1) is 0 Å². The fourth-order valence-corrected chi connectivity index (χ4v) is 2.41. The maximum absolute atomic E-state index is 11.9. The van der Waals surface area contributed by atoms with Gasteiger partial charge in [-0.1, -0.05) is 41.4 Å². The number of hydrogen-bond donors (Lipinski definition) is 1. The summed E-state index contributed by atoms with van der Waals surface area (Å²) in [7, 11) is 0. The van der Waals surface area contributed by atoms with Gasteiger partial charge in [0.25, 0.3) is 0 Å². The molecule has 0 saturated carbocycles. The van der Waals surface area contributed by atoms with Gasteiger partial charge < -0.3 is 9.73 Å². The molecule has 0 aliphatic rings. The maximum Gasteiger partial charge on any atom is 0.247 e. The second-order valence-corrected chi connectivity index (χ2v) is 6.21. The molecule has 0 fully saturated rings. The van der Waals surface area contributed by atoms with E-state index in [-0.39, 0.29) is 5.91 Å². The third kappa shape index (κ3) is 4.90. The lowest BCUT2D eigenvalue weighted by atomic mass is 10.1. The Balaban J connectivity index is 1.49. The predicted molar refractivity (Wildman–Crippen MR) is 96.1 cm³/mol. The summed E-state index contributed by atoms with van der Waals surface area (Å²) in [5.41, 5.74) is 3.04. The topological polar surface area (TPSA) is 68.0 Å². The Labute approximate surface area is 151 Å². The minimum atomic E-state index is -0.0648. The highest BCUT2D eigenvalue weighted by atomic mass is 35.5. The Morgan fingerprint density at radius 2 is 1.80 bits per heavy atom. The van der Waals surface area contributed by atoms with Gasteiger partial charge in [-0.3, -0.25) is 4.79 Å². The summed E-state index contributed by atoms with van der Waals surface area (Å²) in [4.78, 5) is 11.9. The van der Waals surface area contributed by atoms with Gasteiger partial charge in [0.1, 0.15) is 0 Å². The number of carbonyl (C=O) groups excluding carboxylic acids is 1. The first kappa shape index (κ1) is 17.2. The summed E-state index contributed by atoms with van der Waals surface area (Å²) >= 11 is 5.84. The van der Waals surface area contributed by atoms with Crippen LogP contribution in [-0.2, 0) is 17.8 Å². The van der Waals surface area contributed by atoms with Crippen LogP contribution in [0.5, 0.6) is 0 Å². The minimum absolute atomic E-state index is 0.0648. The lowest BCUT2D eigenvalue weighted by Gasteiger charge is -2.04. The molecule has 0 bridgehead atoms. The van der Waals surface area contributed by atoms with Gasteiger partial charge in [-0.25, -0.2) is 0 Å². The highest BCUT2D eigenvalue weighted by Gasteiger charge is 2.10. The number of benzene rings is 2. The van der Waals surface area contributed by atoms with Crippen LogP contribution >= 0.6 is 11.6 Å². The smallest absolute Gasteiger partial charge is 0.247 e. The van der Waals surface area contributed by atoms with Gasteiger partial charge in [0.15, 0.2) is 0 Å². The average Bonchev–Trinajstić information content (AvgIpc) is 3.09. The molecular weight excluding hydrogens is 338 g/mol. The average molecular weight is 356 g/mol. The quantitative estimate of drug-likeness (QED) is 0.727. The number of aromatic nitrogens is 2. The third-order valence-electron chi connectivity index (χ3n) is 3.73. The SMILES string of the molecule is Cc1ccc(-c2nnc(CCC(=O)NCc3ccc(Cl)cc3)o2)cc1. The highest BCUT2D eigenvalue weighted by Crippen LogP contribution is 2.18. The summed E-state index contributed by atoms with van der Waals surface area (Å²) in [6.45, 7) is 2.49. The highest BCUT2D eigenvalue weighted by molar-refractivity contribution is 6.30. The molecule has 1 amide bonds. The van der Waals surface area contributed by atoms with Crippen LogP contribution in [0, 0.1) is 6.92 Å². The lowest BCUT2D eigenvalue weighted by molar-refractivity contribution is -0.121. The van der Waals surface area contributed by atoms with Gasteiger partial charge in [0, 0.05) is 30.0 Å². The van der Waals surface area contributed by atoms with Crippen molar-refractivity contribution in [1.82, 2.24) is 15.5 Å².